The first-order chi connectivity index (χ1) is 8.20. The zero-order chi connectivity index (χ0) is 12.0. The Hall–Kier alpha value is -1.39. The number of nitrogens with zero attached hydrogens (tertiary/aromatic N) is 1. The summed E-state index contributed by atoms with van der Waals surface area (Å²) < 4.78 is 0. The Balaban J connectivity index is 2.10. The molecule has 0 saturated carbocycles. The average Bonchev–Trinajstić information content (AvgIpc) is 2.78. The van der Waals surface area contributed by atoms with Crippen molar-refractivity contribution in [1.29, 1.82) is 0 Å². The maximum Gasteiger partial charge on any atom is 0.227 e. The van der Waals surface area contributed by atoms with E-state index in [2.05, 4.69) is 0 Å². The molecule has 0 radical (unpaired) electrons. The van der Waals surface area contributed by atoms with Crippen LogP contribution in [0.25, 0.3) is 0 Å². The van der Waals surface area contributed by atoms with Crippen LogP contribution in [-0.2, 0) is 17.6 Å². The van der Waals surface area contributed by atoms with E-state index in [9.17, 15) is 4.79 Å². The third-order valence-corrected chi connectivity index (χ3v) is 3.70. The topological polar surface area (TPSA) is 66.6 Å². The fraction of sp³-hybridized carbons (Fsp3) is 0.462. The fourth-order valence-corrected chi connectivity index (χ4v) is 2.80. The van der Waals surface area contributed by atoms with Crippen LogP contribution >= 0.6 is 0 Å². The molecule has 0 fully saturated rings. The lowest BCUT2D eigenvalue weighted by molar-refractivity contribution is -0.118. The standard InChI is InChI=1S/C13H16N2O2/c14-11(7-16)10-5-8-1-2-12(17)15-4-3-9(6-10)13(8)15/h5-6,11,16H,1-4,7,14H2. The van der Waals surface area contributed by atoms with E-state index in [1.54, 1.807) is 0 Å². The minimum Gasteiger partial charge on any atom is -0.394 e. The van der Waals surface area contributed by atoms with Gasteiger partial charge in [0.25, 0.3) is 0 Å². The van der Waals surface area contributed by atoms with Crippen LogP contribution in [0.15, 0.2) is 12.1 Å². The van der Waals surface area contributed by atoms with Crippen molar-refractivity contribution in [3.63, 3.8) is 0 Å². The first-order valence-electron chi connectivity index (χ1n) is 6.03. The van der Waals surface area contributed by atoms with Gasteiger partial charge in [-0.25, -0.2) is 0 Å². The molecule has 0 saturated heterocycles. The van der Waals surface area contributed by atoms with Crippen molar-refractivity contribution in [2.45, 2.75) is 25.3 Å². The second-order valence-electron chi connectivity index (χ2n) is 4.77. The van der Waals surface area contributed by atoms with Gasteiger partial charge >= 0.3 is 0 Å². The summed E-state index contributed by atoms with van der Waals surface area (Å²) in [6.45, 7) is 0.750. The minimum absolute atomic E-state index is 0.0408. The third kappa shape index (κ3) is 1.56. The molecule has 4 nitrogen and oxygen atoms in total. The molecule has 1 amide bonds. The van der Waals surface area contributed by atoms with Crippen molar-refractivity contribution in [1.82, 2.24) is 0 Å². The van der Waals surface area contributed by atoms with E-state index in [1.165, 1.54) is 11.1 Å². The quantitative estimate of drug-likeness (QED) is 0.781. The van der Waals surface area contributed by atoms with Crippen LogP contribution in [-0.4, -0.2) is 24.2 Å². The van der Waals surface area contributed by atoms with Crippen LogP contribution in [0.1, 0.15) is 29.2 Å². The van der Waals surface area contributed by atoms with Gasteiger partial charge in [0, 0.05) is 13.0 Å². The number of nitrogens with two attached hydrogens (primary N) is 1. The Kier molecular flexibility index (Phi) is 2.42. The summed E-state index contributed by atoms with van der Waals surface area (Å²) in [6.07, 6.45) is 2.29. The van der Waals surface area contributed by atoms with Crippen molar-refractivity contribution < 1.29 is 9.90 Å². The molecule has 1 aromatic carbocycles. The number of aliphatic hydroxyl groups excluding tert-OH is 1. The Labute approximate surface area is 100 Å². The van der Waals surface area contributed by atoms with Crippen LogP contribution in [0.5, 0.6) is 0 Å². The average molecular weight is 232 g/mol. The number of aryl methyl sites for hydroxylation is 1. The highest BCUT2D eigenvalue weighted by Gasteiger charge is 2.31. The van der Waals surface area contributed by atoms with E-state index >= 15 is 0 Å². The number of hydrogen-bond donors (Lipinski definition) is 2. The number of anilines is 1. The Morgan fingerprint density at radius 2 is 2.00 bits per heavy atom. The van der Waals surface area contributed by atoms with Gasteiger partial charge in [0.05, 0.1) is 18.3 Å². The molecule has 0 aromatic heterocycles. The normalized spacial score (nSPS) is 19.4. The van der Waals surface area contributed by atoms with Crippen molar-refractivity contribution >= 4 is 11.6 Å². The summed E-state index contributed by atoms with van der Waals surface area (Å²) >= 11 is 0. The van der Waals surface area contributed by atoms with Gasteiger partial charge in [-0.2, -0.15) is 0 Å². The van der Waals surface area contributed by atoms with Crippen molar-refractivity contribution in [3.8, 4) is 0 Å². The first-order valence-corrected chi connectivity index (χ1v) is 6.03. The lowest BCUT2D eigenvalue weighted by Gasteiger charge is -2.26. The molecule has 2 aliphatic heterocycles. The van der Waals surface area contributed by atoms with Gasteiger partial charge < -0.3 is 15.7 Å². The molecule has 90 valence electrons. The Morgan fingerprint density at radius 1 is 1.29 bits per heavy atom. The summed E-state index contributed by atoms with van der Waals surface area (Å²) in [5.41, 5.74) is 10.4. The molecule has 2 aliphatic rings. The SMILES string of the molecule is NC(CO)c1cc2c3c(c1)CCN3C(=O)CC2. The molecule has 3 rings (SSSR count). The van der Waals surface area contributed by atoms with Gasteiger partial charge in [0.1, 0.15) is 0 Å². The van der Waals surface area contributed by atoms with E-state index in [0.29, 0.717) is 6.42 Å². The second kappa shape index (κ2) is 3.82. The summed E-state index contributed by atoms with van der Waals surface area (Å²) in [5, 5.41) is 9.12. The van der Waals surface area contributed by atoms with Gasteiger partial charge in [0.15, 0.2) is 0 Å². The molecule has 4 heteroatoms. The smallest absolute Gasteiger partial charge is 0.227 e. The molecule has 1 aromatic rings. The largest absolute Gasteiger partial charge is 0.394 e. The molecular formula is C13H16N2O2. The third-order valence-electron chi connectivity index (χ3n) is 3.70. The van der Waals surface area contributed by atoms with E-state index in [-0.39, 0.29) is 18.6 Å². The van der Waals surface area contributed by atoms with Crippen LogP contribution < -0.4 is 10.6 Å². The number of hydrogen-bond acceptors (Lipinski definition) is 3. The molecule has 17 heavy (non-hydrogen) atoms. The molecule has 0 aliphatic carbocycles. The Bertz CT molecular complexity index is 485. The number of benzene rings is 1. The number of carbonyl (C=O) groups excluding carboxylic acids is 1. The number of amides is 1. The first kappa shape index (κ1) is 10.7. The molecular weight excluding hydrogens is 216 g/mol. The fourth-order valence-electron chi connectivity index (χ4n) is 2.80. The van der Waals surface area contributed by atoms with Crippen LogP contribution in [0.3, 0.4) is 0 Å². The minimum atomic E-state index is -0.316. The van der Waals surface area contributed by atoms with Gasteiger partial charge in [-0.1, -0.05) is 12.1 Å². The van der Waals surface area contributed by atoms with E-state index < -0.39 is 0 Å². The van der Waals surface area contributed by atoms with Crippen LogP contribution in [0.4, 0.5) is 5.69 Å². The van der Waals surface area contributed by atoms with Gasteiger partial charge in [-0.05, 0) is 29.5 Å². The highest BCUT2D eigenvalue weighted by Crippen LogP contribution is 2.38. The highest BCUT2D eigenvalue weighted by molar-refractivity contribution is 5.98. The molecule has 0 bridgehead atoms. The summed E-state index contributed by atoms with van der Waals surface area (Å²) in [5.74, 6) is 0.232. The number of rotatable bonds is 2. The highest BCUT2D eigenvalue weighted by atomic mass is 16.3. The number of aliphatic hydroxyl groups is 1. The number of carbonyl (C=O) groups is 1. The summed E-state index contributed by atoms with van der Waals surface area (Å²) in [6, 6.07) is 3.77. The lowest BCUT2D eigenvalue weighted by Crippen LogP contribution is -2.33. The maximum atomic E-state index is 11.8. The predicted octanol–water partition coefficient (Wildman–Crippen LogP) is 0.514. The van der Waals surface area contributed by atoms with Crippen molar-refractivity contribution in [3.05, 3.63) is 28.8 Å². The predicted molar refractivity (Wildman–Crippen MR) is 64.8 cm³/mol. The summed E-state index contributed by atoms with van der Waals surface area (Å²) in [7, 11) is 0. The zero-order valence-electron chi connectivity index (χ0n) is 9.65. The van der Waals surface area contributed by atoms with Crippen molar-refractivity contribution in [2.75, 3.05) is 18.1 Å². The molecule has 3 N–H and O–H groups in total. The monoisotopic (exact) mass is 232 g/mol. The van der Waals surface area contributed by atoms with E-state index in [1.807, 2.05) is 17.0 Å². The van der Waals surface area contributed by atoms with Crippen LogP contribution in [0, 0.1) is 0 Å². The van der Waals surface area contributed by atoms with Crippen molar-refractivity contribution in [2.24, 2.45) is 5.73 Å². The molecule has 2 heterocycles. The maximum absolute atomic E-state index is 11.8. The molecule has 1 atom stereocenters. The van der Waals surface area contributed by atoms with Gasteiger partial charge in [-0.3, -0.25) is 4.79 Å². The summed E-state index contributed by atoms with van der Waals surface area (Å²) in [4.78, 5) is 13.6. The van der Waals surface area contributed by atoms with Gasteiger partial charge in [0.2, 0.25) is 5.91 Å². The Morgan fingerprint density at radius 3 is 2.71 bits per heavy atom. The van der Waals surface area contributed by atoms with Gasteiger partial charge in [-0.15, -0.1) is 0 Å². The van der Waals surface area contributed by atoms with E-state index in [0.717, 1.165) is 30.6 Å². The zero-order valence-corrected chi connectivity index (χ0v) is 9.65. The lowest BCUT2D eigenvalue weighted by atomic mass is 9.94. The second-order valence-corrected chi connectivity index (χ2v) is 4.77. The van der Waals surface area contributed by atoms with Crippen LogP contribution in [0.2, 0.25) is 0 Å². The molecule has 0 spiro atoms. The molecule has 1 unspecified atom stereocenters. The van der Waals surface area contributed by atoms with E-state index in [4.69, 9.17) is 10.8 Å².